The number of carbonyl (C=O) groups excluding carboxylic acids is 1. The van der Waals surface area contributed by atoms with E-state index in [9.17, 15) is 4.79 Å². The molecule has 0 aromatic heterocycles. The van der Waals surface area contributed by atoms with Crippen LogP contribution in [0.15, 0.2) is 16.6 Å². The van der Waals surface area contributed by atoms with Crippen LogP contribution in [0.4, 0.5) is 0 Å². The van der Waals surface area contributed by atoms with Gasteiger partial charge in [-0.05, 0) is 50.4 Å². The van der Waals surface area contributed by atoms with Crippen LogP contribution in [0.1, 0.15) is 24.0 Å². The summed E-state index contributed by atoms with van der Waals surface area (Å²) in [6.45, 7) is 3.55. The van der Waals surface area contributed by atoms with E-state index in [0.717, 1.165) is 27.9 Å². The van der Waals surface area contributed by atoms with E-state index in [4.69, 9.17) is 4.74 Å². The molecule has 1 amide bonds. The van der Waals surface area contributed by atoms with Crippen molar-refractivity contribution >= 4 is 21.8 Å². The highest BCUT2D eigenvalue weighted by Crippen LogP contribution is 2.28. The third-order valence-electron chi connectivity index (χ3n) is 3.32. The third-order valence-corrected chi connectivity index (χ3v) is 3.77. The van der Waals surface area contributed by atoms with E-state index in [2.05, 4.69) is 26.6 Å². The lowest BCUT2D eigenvalue weighted by Crippen LogP contribution is -2.30. The number of hydrogen-bond acceptors (Lipinski definition) is 3. The van der Waals surface area contributed by atoms with E-state index in [1.54, 1.807) is 0 Å². The molecule has 1 aromatic carbocycles. The van der Waals surface area contributed by atoms with Gasteiger partial charge in [0.05, 0.1) is 0 Å². The fourth-order valence-electron chi connectivity index (χ4n) is 2.10. The van der Waals surface area contributed by atoms with Crippen LogP contribution in [0.2, 0.25) is 0 Å². The van der Waals surface area contributed by atoms with Gasteiger partial charge in [-0.15, -0.1) is 0 Å². The van der Waals surface area contributed by atoms with E-state index >= 15 is 0 Å². The zero-order chi connectivity index (χ0) is 14.5. The van der Waals surface area contributed by atoms with E-state index < -0.39 is 0 Å². The minimum absolute atomic E-state index is 0.0466. The van der Waals surface area contributed by atoms with Gasteiger partial charge >= 0.3 is 0 Å². The zero-order valence-corrected chi connectivity index (χ0v) is 13.5. The SMILES string of the molecule is CNCc1cc(Br)cc(C)c1OCC(=O)NCC1CC1. The van der Waals surface area contributed by atoms with Crippen molar-refractivity contribution in [2.45, 2.75) is 26.3 Å². The van der Waals surface area contributed by atoms with Crippen molar-refractivity contribution in [3.05, 3.63) is 27.7 Å². The molecular weight excluding hydrogens is 320 g/mol. The van der Waals surface area contributed by atoms with E-state index in [0.29, 0.717) is 12.5 Å². The van der Waals surface area contributed by atoms with Gasteiger partial charge in [0.25, 0.3) is 5.91 Å². The normalized spacial score (nSPS) is 14.2. The van der Waals surface area contributed by atoms with E-state index in [1.165, 1.54) is 12.8 Å². The smallest absolute Gasteiger partial charge is 0.257 e. The highest BCUT2D eigenvalue weighted by molar-refractivity contribution is 9.10. The van der Waals surface area contributed by atoms with Crippen molar-refractivity contribution in [3.63, 3.8) is 0 Å². The van der Waals surface area contributed by atoms with Crippen LogP contribution in [-0.2, 0) is 11.3 Å². The Morgan fingerprint density at radius 1 is 1.45 bits per heavy atom. The highest BCUT2D eigenvalue weighted by atomic mass is 79.9. The summed E-state index contributed by atoms with van der Waals surface area (Å²) in [7, 11) is 1.89. The average Bonchev–Trinajstić information content (AvgIpc) is 3.19. The van der Waals surface area contributed by atoms with E-state index in [1.807, 2.05) is 26.1 Å². The molecule has 1 aliphatic rings. The molecule has 0 aliphatic heterocycles. The Balaban J connectivity index is 1.94. The number of hydrogen-bond donors (Lipinski definition) is 2. The summed E-state index contributed by atoms with van der Waals surface area (Å²) in [5.74, 6) is 1.44. The van der Waals surface area contributed by atoms with Gasteiger partial charge < -0.3 is 15.4 Å². The van der Waals surface area contributed by atoms with Crippen LogP contribution < -0.4 is 15.4 Å². The van der Waals surface area contributed by atoms with Gasteiger partial charge in [-0.2, -0.15) is 0 Å². The number of aryl methyl sites for hydroxylation is 1. The Labute approximate surface area is 128 Å². The molecule has 0 saturated heterocycles. The molecular formula is C15H21BrN2O2. The number of nitrogens with one attached hydrogen (secondary N) is 2. The number of amides is 1. The summed E-state index contributed by atoms with van der Waals surface area (Å²) in [6.07, 6.45) is 2.47. The lowest BCUT2D eigenvalue weighted by atomic mass is 10.1. The zero-order valence-electron chi connectivity index (χ0n) is 12.0. The Hall–Kier alpha value is -1.07. The average molecular weight is 341 g/mol. The first-order chi connectivity index (χ1) is 9.60. The molecule has 0 unspecified atom stereocenters. The van der Waals surface area contributed by atoms with Crippen molar-refractivity contribution in [3.8, 4) is 5.75 Å². The molecule has 0 heterocycles. The standard InChI is InChI=1S/C15H21BrN2O2/c1-10-5-13(16)6-12(8-17-2)15(10)20-9-14(19)18-7-11-3-4-11/h5-6,11,17H,3-4,7-9H2,1-2H3,(H,18,19). The molecule has 2 rings (SSSR count). The molecule has 110 valence electrons. The van der Waals surface area contributed by atoms with Crippen LogP contribution in [0.5, 0.6) is 5.75 Å². The monoisotopic (exact) mass is 340 g/mol. The Morgan fingerprint density at radius 2 is 2.20 bits per heavy atom. The van der Waals surface area contributed by atoms with Gasteiger partial charge in [0.15, 0.2) is 6.61 Å². The molecule has 0 bridgehead atoms. The van der Waals surface area contributed by atoms with E-state index in [-0.39, 0.29) is 12.5 Å². The molecule has 0 spiro atoms. The molecule has 1 aliphatic carbocycles. The second kappa shape index (κ2) is 7.09. The van der Waals surface area contributed by atoms with Gasteiger partial charge in [-0.3, -0.25) is 4.79 Å². The predicted octanol–water partition coefficient (Wildman–Crippen LogP) is 2.38. The van der Waals surface area contributed by atoms with Crippen molar-refractivity contribution < 1.29 is 9.53 Å². The van der Waals surface area contributed by atoms with Crippen LogP contribution in [-0.4, -0.2) is 26.1 Å². The van der Waals surface area contributed by atoms with Crippen molar-refractivity contribution in [1.82, 2.24) is 10.6 Å². The maximum Gasteiger partial charge on any atom is 0.257 e. The van der Waals surface area contributed by atoms with Crippen LogP contribution in [0, 0.1) is 12.8 Å². The number of halogens is 1. The molecule has 1 aromatic rings. The van der Waals surface area contributed by atoms with Gasteiger partial charge in [-0.1, -0.05) is 15.9 Å². The summed E-state index contributed by atoms with van der Waals surface area (Å²) < 4.78 is 6.74. The maximum absolute atomic E-state index is 11.7. The molecule has 0 atom stereocenters. The number of carbonyl (C=O) groups is 1. The quantitative estimate of drug-likeness (QED) is 0.801. The molecule has 1 fully saturated rings. The maximum atomic E-state index is 11.7. The fourth-order valence-corrected chi connectivity index (χ4v) is 2.72. The Morgan fingerprint density at radius 3 is 2.85 bits per heavy atom. The van der Waals surface area contributed by atoms with Gasteiger partial charge in [0, 0.05) is 23.1 Å². The highest BCUT2D eigenvalue weighted by Gasteiger charge is 2.21. The molecule has 2 N–H and O–H groups in total. The van der Waals surface area contributed by atoms with Crippen molar-refractivity contribution in [2.75, 3.05) is 20.2 Å². The lowest BCUT2D eigenvalue weighted by Gasteiger charge is -2.14. The van der Waals surface area contributed by atoms with Gasteiger partial charge in [0.1, 0.15) is 5.75 Å². The number of ether oxygens (including phenoxy) is 1. The summed E-state index contributed by atoms with van der Waals surface area (Å²) in [5, 5.41) is 6.02. The summed E-state index contributed by atoms with van der Waals surface area (Å²) >= 11 is 3.48. The molecule has 5 heteroatoms. The second-order valence-electron chi connectivity index (χ2n) is 5.28. The summed E-state index contributed by atoms with van der Waals surface area (Å²) in [6, 6.07) is 4.01. The van der Waals surface area contributed by atoms with Gasteiger partial charge in [-0.25, -0.2) is 0 Å². The lowest BCUT2D eigenvalue weighted by molar-refractivity contribution is -0.123. The first-order valence-corrected chi connectivity index (χ1v) is 7.72. The fraction of sp³-hybridized carbons (Fsp3) is 0.533. The third kappa shape index (κ3) is 4.49. The summed E-state index contributed by atoms with van der Waals surface area (Å²) in [5.41, 5.74) is 2.08. The van der Waals surface area contributed by atoms with Crippen LogP contribution >= 0.6 is 15.9 Å². The minimum Gasteiger partial charge on any atom is -0.483 e. The molecule has 4 nitrogen and oxygen atoms in total. The minimum atomic E-state index is -0.0466. The Bertz CT molecular complexity index is 487. The second-order valence-corrected chi connectivity index (χ2v) is 6.19. The number of benzene rings is 1. The first kappa shape index (κ1) is 15.3. The Kier molecular flexibility index (Phi) is 5.43. The molecule has 20 heavy (non-hydrogen) atoms. The van der Waals surface area contributed by atoms with Crippen molar-refractivity contribution in [2.24, 2.45) is 5.92 Å². The predicted molar refractivity (Wildman–Crippen MR) is 82.9 cm³/mol. The first-order valence-electron chi connectivity index (χ1n) is 6.93. The van der Waals surface area contributed by atoms with Crippen molar-refractivity contribution in [1.29, 1.82) is 0 Å². The molecule has 1 saturated carbocycles. The van der Waals surface area contributed by atoms with Crippen LogP contribution in [0.25, 0.3) is 0 Å². The topological polar surface area (TPSA) is 50.4 Å². The number of rotatable bonds is 7. The largest absolute Gasteiger partial charge is 0.483 e. The van der Waals surface area contributed by atoms with Gasteiger partial charge in [0.2, 0.25) is 0 Å². The van der Waals surface area contributed by atoms with Crippen LogP contribution in [0.3, 0.4) is 0 Å². The summed E-state index contributed by atoms with van der Waals surface area (Å²) in [4.78, 5) is 11.7. The molecule has 0 radical (unpaired) electrons.